The van der Waals surface area contributed by atoms with Gasteiger partial charge in [0, 0.05) is 31.0 Å². The van der Waals surface area contributed by atoms with Crippen molar-refractivity contribution in [2.24, 2.45) is 0 Å². The predicted octanol–water partition coefficient (Wildman–Crippen LogP) is 5.36. The summed E-state index contributed by atoms with van der Waals surface area (Å²) in [6, 6.07) is 16.0. The SMILES string of the molecule is O=C(Nc1ccc(Cl)cn1)c1ccccc1NC(=O)c1ccc(N2CCCCC2)cc1OC1CCNCC1. The van der Waals surface area contributed by atoms with Crippen molar-refractivity contribution in [3.05, 3.63) is 76.9 Å². The molecule has 0 aliphatic carbocycles. The van der Waals surface area contributed by atoms with Gasteiger partial charge in [0.25, 0.3) is 11.8 Å². The lowest BCUT2D eigenvalue weighted by molar-refractivity contribution is 0.101. The van der Waals surface area contributed by atoms with E-state index in [1.807, 2.05) is 18.2 Å². The summed E-state index contributed by atoms with van der Waals surface area (Å²) >= 11 is 5.90. The molecule has 0 atom stereocenters. The largest absolute Gasteiger partial charge is 0.489 e. The van der Waals surface area contributed by atoms with E-state index in [4.69, 9.17) is 16.3 Å². The summed E-state index contributed by atoms with van der Waals surface area (Å²) in [5, 5.41) is 9.51. The summed E-state index contributed by atoms with van der Waals surface area (Å²) in [5.74, 6) is 0.225. The highest BCUT2D eigenvalue weighted by molar-refractivity contribution is 6.30. The molecule has 2 aromatic carbocycles. The van der Waals surface area contributed by atoms with Gasteiger partial charge in [-0.2, -0.15) is 0 Å². The number of rotatable bonds is 7. The highest BCUT2D eigenvalue weighted by atomic mass is 35.5. The average Bonchev–Trinajstić information content (AvgIpc) is 2.95. The zero-order valence-electron chi connectivity index (χ0n) is 21.2. The lowest BCUT2D eigenvalue weighted by atomic mass is 10.1. The number of nitrogens with one attached hydrogen (secondary N) is 3. The quantitative estimate of drug-likeness (QED) is 0.378. The second kappa shape index (κ2) is 12.3. The topological polar surface area (TPSA) is 95.6 Å². The van der Waals surface area contributed by atoms with E-state index in [1.54, 1.807) is 36.4 Å². The van der Waals surface area contributed by atoms with E-state index in [0.717, 1.165) is 57.5 Å². The highest BCUT2D eigenvalue weighted by Gasteiger charge is 2.23. The van der Waals surface area contributed by atoms with Crippen molar-refractivity contribution in [1.82, 2.24) is 10.3 Å². The Labute approximate surface area is 227 Å². The molecule has 3 aromatic rings. The van der Waals surface area contributed by atoms with Crippen molar-refractivity contribution in [2.75, 3.05) is 41.7 Å². The molecule has 8 nitrogen and oxygen atoms in total. The van der Waals surface area contributed by atoms with Gasteiger partial charge >= 0.3 is 0 Å². The molecule has 3 N–H and O–H groups in total. The first-order chi connectivity index (χ1) is 18.6. The van der Waals surface area contributed by atoms with Gasteiger partial charge in [-0.1, -0.05) is 23.7 Å². The van der Waals surface area contributed by atoms with Gasteiger partial charge in [0.05, 0.1) is 21.8 Å². The van der Waals surface area contributed by atoms with E-state index in [-0.39, 0.29) is 17.9 Å². The summed E-state index contributed by atoms with van der Waals surface area (Å²) in [5.41, 5.74) is 2.24. The van der Waals surface area contributed by atoms with Crippen molar-refractivity contribution >= 4 is 40.6 Å². The molecule has 9 heteroatoms. The number of carbonyl (C=O) groups is 2. The van der Waals surface area contributed by atoms with Crippen LogP contribution in [0.15, 0.2) is 60.8 Å². The summed E-state index contributed by atoms with van der Waals surface area (Å²) in [6.07, 6.45) is 6.85. The Hall–Kier alpha value is -3.62. The smallest absolute Gasteiger partial charge is 0.259 e. The highest BCUT2D eigenvalue weighted by Crippen LogP contribution is 2.31. The molecule has 0 bridgehead atoms. The molecular formula is C29H32ClN5O3. The number of benzene rings is 2. The molecule has 38 heavy (non-hydrogen) atoms. The van der Waals surface area contributed by atoms with E-state index in [9.17, 15) is 9.59 Å². The maximum Gasteiger partial charge on any atom is 0.259 e. The number of pyridine rings is 1. The molecule has 0 saturated carbocycles. The zero-order chi connectivity index (χ0) is 26.3. The fourth-order valence-electron chi connectivity index (χ4n) is 4.85. The second-order valence-corrected chi connectivity index (χ2v) is 10.0. The van der Waals surface area contributed by atoms with Crippen LogP contribution in [0.3, 0.4) is 0 Å². The van der Waals surface area contributed by atoms with Crippen LogP contribution in [0.2, 0.25) is 5.02 Å². The molecular weight excluding hydrogens is 502 g/mol. The Bertz CT molecular complexity index is 1270. The first-order valence-electron chi connectivity index (χ1n) is 13.2. The van der Waals surface area contributed by atoms with Crippen molar-refractivity contribution in [3.8, 4) is 5.75 Å². The molecule has 1 aromatic heterocycles. The maximum absolute atomic E-state index is 13.6. The Kier molecular flexibility index (Phi) is 8.41. The third-order valence-electron chi connectivity index (χ3n) is 6.90. The standard InChI is InChI=1S/C29H32ClN5O3/c30-20-8-11-27(32-19-20)34-28(36)23-6-2-3-7-25(23)33-29(37)24-10-9-21(35-16-4-1-5-17-35)18-26(24)38-22-12-14-31-15-13-22/h2-3,6-11,18-19,22,31H,1,4-5,12-17H2,(H,33,37)(H,32,34,36). The van der Waals surface area contributed by atoms with E-state index < -0.39 is 0 Å². The predicted molar refractivity (Wildman–Crippen MR) is 151 cm³/mol. The van der Waals surface area contributed by atoms with Crippen LogP contribution in [0.4, 0.5) is 17.2 Å². The molecule has 2 aliphatic heterocycles. The minimum absolute atomic E-state index is 0.0457. The number of amides is 2. The zero-order valence-corrected chi connectivity index (χ0v) is 22.0. The summed E-state index contributed by atoms with van der Waals surface area (Å²) < 4.78 is 6.42. The van der Waals surface area contributed by atoms with Gasteiger partial charge in [-0.15, -0.1) is 0 Å². The fraction of sp³-hybridized carbons (Fsp3) is 0.345. The van der Waals surface area contributed by atoms with Crippen LogP contribution in [-0.2, 0) is 0 Å². The van der Waals surface area contributed by atoms with Gasteiger partial charge in [0.1, 0.15) is 17.7 Å². The number of ether oxygens (including phenoxy) is 1. The molecule has 2 aliphatic rings. The van der Waals surface area contributed by atoms with Crippen molar-refractivity contribution in [1.29, 1.82) is 0 Å². The van der Waals surface area contributed by atoms with Gasteiger partial charge in [-0.3, -0.25) is 9.59 Å². The number of nitrogens with zero attached hydrogens (tertiary/aromatic N) is 2. The molecule has 0 radical (unpaired) electrons. The molecule has 198 valence electrons. The molecule has 5 rings (SSSR count). The number of carbonyl (C=O) groups excluding carboxylic acids is 2. The minimum atomic E-state index is -0.387. The first kappa shape index (κ1) is 26.0. The Morgan fingerprint density at radius 2 is 1.68 bits per heavy atom. The Balaban J connectivity index is 1.38. The van der Waals surface area contributed by atoms with Crippen LogP contribution >= 0.6 is 11.6 Å². The third kappa shape index (κ3) is 6.44. The van der Waals surface area contributed by atoms with Gasteiger partial charge in [-0.25, -0.2) is 4.98 Å². The second-order valence-electron chi connectivity index (χ2n) is 9.61. The maximum atomic E-state index is 13.6. The number of hydrogen-bond acceptors (Lipinski definition) is 6. The summed E-state index contributed by atoms with van der Waals surface area (Å²) in [4.78, 5) is 33.0. The molecule has 3 heterocycles. The lowest BCUT2D eigenvalue weighted by Crippen LogP contribution is -2.34. The first-order valence-corrected chi connectivity index (χ1v) is 13.5. The van der Waals surface area contributed by atoms with Crippen LogP contribution in [0, 0.1) is 0 Å². The van der Waals surface area contributed by atoms with Crippen LogP contribution in [-0.4, -0.2) is 49.1 Å². The summed E-state index contributed by atoms with van der Waals surface area (Å²) in [6.45, 7) is 3.79. The lowest BCUT2D eigenvalue weighted by Gasteiger charge is -2.30. The van der Waals surface area contributed by atoms with E-state index >= 15 is 0 Å². The van der Waals surface area contributed by atoms with Crippen LogP contribution < -0.4 is 25.6 Å². The monoisotopic (exact) mass is 533 g/mol. The normalized spacial score (nSPS) is 16.1. The summed E-state index contributed by atoms with van der Waals surface area (Å²) in [7, 11) is 0. The Morgan fingerprint density at radius 3 is 2.45 bits per heavy atom. The molecule has 2 fully saturated rings. The van der Waals surface area contributed by atoms with Crippen LogP contribution in [0.1, 0.15) is 52.8 Å². The minimum Gasteiger partial charge on any atom is -0.489 e. The average molecular weight is 534 g/mol. The Morgan fingerprint density at radius 1 is 0.921 bits per heavy atom. The van der Waals surface area contributed by atoms with E-state index in [0.29, 0.717) is 33.4 Å². The van der Waals surface area contributed by atoms with Gasteiger partial charge in [0.15, 0.2) is 0 Å². The molecule has 0 spiro atoms. The van der Waals surface area contributed by atoms with E-state index in [2.05, 4.69) is 25.8 Å². The van der Waals surface area contributed by atoms with Crippen LogP contribution in [0.25, 0.3) is 0 Å². The molecule has 0 unspecified atom stereocenters. The van der Waals surface area contributed by atoms with Crippen LogP contribution in [0.5, 0.6) is 5.75 Å². The number of halogens is 1. The third-order valence-corrected chi connectivity index (χ3v) is 7.12. The van der Waals surface area contributed by atoms with E-state index in [1.165, 1.54) is 12.6 Å². The van der Waals surface area contributed by atoms with Gasteiger partial charge in [-0.05, 0) is 81.6 Å². The van der Waals surface area contributed by atoms with Gasteiger partial charge in [0.2, 0.25) is 0 Å². The number of hydrogen-bond donors (Lipinski definition) is 3. The van der Waals surface area contributed by atoms with Gasteiger partial charge < -0.3 is 25.6 Å². The molecule has 2 saturated heterocycles. The molecule has 2 amide bonds. The number of para-hydroxylation sites is 1. The van der Waals surface area contributed by atoms with Crippen molar-refractivity contribution in [2.45, 2.75) is 38.2 Å². The van der Waals surface area contributed by atoms with Crippen molar-refractivity contribution < 1.29 is 14.3 Å². The van der Waals surface area contributed by atoms with Crippen molar-refractivity contribution in [3.63, 3.8) is 0 Å². The fourth-order valence-corrected chi connectivity index (χ4v) is 4.96. The number of anilines is 3. The number of aromatic nitrogens is 1. The number of piperidine rings is 2.